The molecule has 144 valence electrons. The third-order valence-corrected chi connectivity index (χ3v) is 5.60. The quantitative estimate of drug-likeness (QED) is 0.745. The van der Waals surface area contributed by atoms with Crippen molar-refractivity contribution in [2.45, 2.75) is 31.5 Å². The molecule has 0 radical (unpaired) electrons. The summed E-state index contributed by atoms with van der Waals surface area (Å²) >= 11 is 0. The van der Waals surface area contributed by atoms with Crippen LogP contribution < -0.4 is 5.56 Å². The van der Waals surface area contributed by atoms with E-state index in [2.05, 4.69) is 40.7 Å². The number of nitrogens with zero attached hydrogens (tertiary/aromatic N) is 3. The van der Waals surface area contributed by atoms with Crippen LogP contribution >= 0.6 is 0 Å². The van der Waals surface area contributed by atoms with E-state index < -0.39 is 5.60 Å². The first-order chi connectivity index (χ1) is 13.6. The first-order valence-corrected chi connectivity index (χ1v) is 9.67. The van der Waals surface area contributed by atoms with Gasteiger partial charge in [-0.25, -0.2) is 4.98 Å². The third kappa shape index (κ3) is 3.91. The summed E-state index contributed by atoms with van der Waals surface area (Å²) in [7, 11) is 0. The van der Waals surface area contributed by atoms with Crippen LogP contribution in [0.25, 0.3) is 17.0 Å². The Morgan fingerprint density at radius 1 is 1.11 bits per heavy atom. The van der Waals surface area contributed by atoms with Gasteiger partial charge in [0.15, 0.2) is 0 Å². The number of hydrogen-bond acceptors (Lipinski definition) is 4. The molecule has 0 saturated carbocycles. The molecule has 1 aromatic heterocycles. The van der Waals surface area contributed by atoms with E-state index in [9.17, 15) is 9.90 Å². The van der Waals surface area contributed by atoms with E-state index in [0.717, 1.165) is 25.2 Å². The number of aliphatic hydroxyl groups is 1. The molecule has 0 bridgehead atoms. The highest BCUT2D eigenvalue weighted by atomic mass is 16.3. The predicted octanol–water partition coefficient (Wildman–Crippen LogP) is 3.07. The summed E-state index contributed by atoms with van der Waals surface area (Å²) in [6.45, 7) is 6.53. The highest BCUT2D eigenvalue weighted by Gasteiger charge is 2.33. The molecule has 0 aliphatic carbocycles. The maximum absolute atomic E-state index is 12.7. The Bertz CT molecular complexity index is 1030. The Morgan fingerprint density at radius 3 is 2.54 bits per heavy atom. The molecule has 4 rings (SSSR count). The van der Waals surface area contributed by atoms with Gasteiger partial charge in [0.05, 0.1) is 29.4 Å². The van der Waals surface area contributed by atoms with Gasteiger partial charge in [-0.05, 0) is 36.1 Å². The van der Waals surface area contributed by atoms with Gasteiger partial charge in [-0.15, -0.1) is 0 Å². The lowest BCUT2D eigenvalue weighted by atomic mass is 9.91. The number of rotatable bonds is 5. The van der Waals surface area contributed by atoms with Crippen molar-refractivity contribution in [1.29, 1.82) is 0 Å². The predicted molar refractivity (Wildman–Crippen MR) is 112 cm³/mol. The van der Waals surface area contributed by atoms with E-state index >= 15 is 0 Å². The monoisotopic (exact) mass is 375 g/mol. The Morgan fingerprint density at radius 2 is 1.82 bits per heavy atom. The number of likely N-dealkylation sites (tertiary alicyclic amines) is 1. The number of benzene rings is 2. The smallest absolute Gasteiger partial charge is 0.261 e. The van der Waals surface area contributed by atoms with Crippen LogP contribution in [0.4, 0.5) is 0 Å². The molecule has 5 nitrogen and oxygen atoms in total. The number of aromatic nitrogens is 2. The lowest BCUT2D eigenvalue weighted by Gasteiger charge is -2.38. The molecule has 0 atom stereocenters. The maximum Gasteiger partial charge on any atom is 0.261 e. The molecule has 5 heteroatoms. The summed E-state index contributed by atoms with van der Waals surface area (Å²) in [6.07, 6.45) is 4.67. The van der Waals surface area contributed by atoms with Crippen LogP contribution in [0.1, 0.15) is 24.0 Å². The van der Waals surface area contributed by atoms with Crippen LogP contribution in [0.15, 0.2) is 66.2 Å². The highest BCUT2D eigenvalue weighted by Crippen LogP contribution is 2.25. The average Bonchev–Trinajstić information content (AvgIpc) is 2.73. The van der Waals surface area contributed by atoms with E-state index in [1.54, 1.807) is 17.0 Å². The van der Waals surface area contributed by atoms with Gasteiger partial charge in [0, 0.05) is 19.6 Å². The van der Waals surface area contributed by atoms with Gasteiger partial charge in [0.2, 0.25) is 0 Å². The summed E-state index contributed by atoms with van der Waals surface area (Å²) < 4.78 is 1.55. The van der Waals surface area contributed by atoms with Gasteiger partial charge in [0.1, 0.15) is 0 Å². The summed E-state index contributed by atoms with van der Waals surface area (Å²) in [5, 5.41) is 11.6. The Balaban J connectivity index is 1.41. The molecular formula is C23H25N3O2. The zero-order chi connectivity index (χ0) is 19.6. The molecule has 1 aliphatic rings. The fraction of sp³-hybridized carbons (Fsp3) is 0.304. The average molecular weight is 375 g/mol. The van der Waals surface area contributed by atoms with Gasteiger partial charge < -0.3 is 5.11 Å². The molecular weight excluding hydrogens is 350 g/mol. The summed E-state index contributed by atoms with van der Waals surface area (Å²) in [4.78, 5) is 19.4. The van der Waals surface area contributed by atoms with Crippen molar-refractivity contribution in [3.63, 3.8) is 0 Å². The molecule has 1 aliphatic heterocycles. The van der Waals surface area contributed by atoms with Crippen LogP contribution in [0.5, 0.6) is 0 Å². The van der Waals surface area contributed by atoms with Crippen molar-refractivity contribution in [1.82, 2.24) is 14.5 Å². The van der Waals surface area contributed by atoms with Crippen molar-refractivity contribution in [2.24, 2.45) is 0 Å². The Labute approximate surface area is 164 Å². The molecule has 2 heterocycles. The fourth-order valence-corrected chi connectivity index (χ4v) is 3.84. The van der Waals surface area contributed by atoms with Gasteiger partial charge >= 0.3 is 0 Å². The van der Waals surface area contributed by atoms with Crippen LogP contribution in [0, 0.1) is 0 Å². The molecule has 1 N–H and O–H groups in total. The van der Waals surface area contributed by atoms with E-state index in [0.29, 0.717) is 23.7 Å². The molecule has 3 aromatic rings. The van der Waals surface area contributed by atoms with Crippen molar-refractivity contribution in [3.8, 4) is 0 Å². The first-order valence-electron chi connectivity index (χ1n) is 9.67. The minimum Gasteiger partial charge on any atom is -0.388 e. The second-order valence-electron chi connectivity index (χ2n) is 7.64. The minimum atomic E-state index is -0.878. The molecule has 1 saturated heterocycles. The van der Waals surface area contributed by atoms with Gasteiger partial charge in [-0.3, -0.25) is 14.3 Å². The van der Waals surface area contributed by atoms with Gasteiger partial charge in [-0.1, -0.05) is 49.1 Å². The number of fused-ring (bicyclic) bond motifs is 1. The summed E-state index contributed by atoms with van der Waals surface area (Å²) in [6, 6.07) is 15.7. The van der Waals surface area contributed by atoms with E-state index in [1.807, 2.05) is 24.3 Å². The minimum absolute atomic E-state index is 0.0937. The second-order valence-corrected chi connectivity index (χ2v) is 7.64. The van der Waals surface area contributed by atoms with Crippen molar-refractivity contribution in [2.75, 3.05) is 13.1 Å². The third-order valence-electron chi connectivity index (χ3n) is 5.60. The standard InChI is InChI=1S/C23H25N3O2/c1-2-18-7-9-19(10-8-18)15-25-13-11-23(28,12-14-25)16-26-17-24-21-6-4-3-5-20(21)22(26)27/h2-10,17,28H,1,11-16H2. The van der Waals surface area contributed by atoms with Gasteiger partial charge in [-0.2, -0.15) is 0 Å². The van der Waals surface area contributed by atoms with Crippen molar-refractivity contribution >= 4 is 17.0 Å². The Kier molecular flexibility index (Phi) is 5.11. The zero-order valence-electron chi connectivity index (χ0n) is 15.9. The lowest BCUT2D eigenvalue weighted by molar-refractivity contribution is -0.0364. The highest BCUT2D eigenvalue weighted by molar-refractivity contribution is 5.76. The van der Waals surface area contributed by atoms with E-state index in [1.165, 1.54) is 5.56 Å². The van der Waals surface area contributed by atoms with Crippen molar-refractivity contribution in [3.05, 3.63) is 82.9 Å². The first kappa shape index (κ1) is 18.6. The largest absolute Gasteiger partial charge is 0.388 e. The van der Waals surface area contributed by atoms with Crippen LogP contribution in [0.2, 0.25) is 0 Å². The molecule has 28 heavy (non-hydrogen) atoms. The van der Waals surface area contributed by atoms with Crippen molar-refractivity contribution < 1.29 is 5.11 Å². The maximum atomic E-state index is 12.7. The topological polar surface area (TPSA) is 58.4 Å². The zero-order valence-corrected chi connectivity index (χ0v) is 15.9. The van der Waals surface area contributed by atoms with Crippen LogP contribution in [-0.4, -0.2) is 38.2 Å². The van der Waals surface area contributed by atoms with Crippen LogP contribution in [0.3, 0.4) is 0 Å². The second kappa shape index (κ2) is 7.70. The number of para-hydroxylation sites is 1. The number of hydrogen-bond donors (Lipinski definition) is 1. The summed E-state index contributed by atoms with van der Waals surface area (Å²) in [5.41, 5.74) is 2.09. The molecule has 0 unspecified atom stereocenters. The van der Waals surface area contributed by atoms with Crippen LogP contribution in [-0.2, 0) is 13.1 Å². The molecule has 2 aromatic carbocycles. The van der Waals surface area contributed by atoms with Gasteiger partial charge in [0.25, 0.3) is 5.56 Å². The molecule has 0 amide bonds. The molecule has 0 spiro atoms. The molecule has 1 fully saturated rings. The normalized spacial score (nSPS) is 16.9. The van der Waals surface area contributed by atoms with E-state index in [-0.39, 0.29) is 12.1 Å². The summed E-state index contributed by atoms with van der Waals surface area (Å²) in [5.74, 6) is 0. The SMILES string of the molecule is C=Cc1ccc(CN2CCC(O)(Cn3cnc4ccccc4c3=O)CC2)cc1. The number of piperidine rings is 1. The Hall–Kier alpha value is -2.76. The lowest BCUT2D eigenvalue weighted by Crippen LogP contribution is -2.47. The van der Waals surface area contributed by atoms with E-state index in [4.69, 9.17) is 0 Å². The fourth-order valence-electron chi connectivity index (χ4n) is 3.84.